The molecule has 3 nitrogen and oxygen atoms in total. The van der Waals surface area contributed by atoms with Gasteiger partial charge in [0.15, 0.2) is 0 Å². The minimum absolute atomic E-state index is 0.387. The fraction of sp³-hybridized carbons (Fsp3) is 0.500. The summed E-state index contributed by atoms with van der Waals surface area (Å²) in [7, 11) is 0. The van der Waals surface area contributed by atoms with Gasteiger partial charge in [0.2, 0.25) is 0 Å². The van der Waals surface area contributed by atoms with Crippen molar-refractivity contribution in [3.05, 3.63) is 46.1 Å². The number of pyridine rings is 1. The highest BCUT2D eigenvalue weighted by atomic mass is 14.9. The van der Waals surface area contributed by atoms with E-state index in [1.165, 1.54) is 55.2 Å². The molecule has 1 aromatic heterocycles. The van der Waals surface area contributed by atoms with Gasteiger partial charge in [-0.2, -0.15) is 5.26 Å². The van der Waals surface area contributed by atoms with Crippen molar-refractivity contribution >= 4 is 5.82 Å². The normalized spacial score (nSPS) is 15.9. The zero-order valence-corrected chi connectivity index (χ0v) is 16.8. The molecule has 0 aliphatic heterocycles. The Labute approximate surface area is 163 Å². The molecule has 0 saturated carbocycles. The average molecular weight is 362 g/mol. The number of hydrogen-bond acceptors (Lipinski definition) is 3. The third-order valence-corrected chi connectivity index (χ3v) is 5.77. The summed E-state index contributed by atoms with van der Waals surface area (Å²) in [5.41, 5.74) is 13.8. The first-order chi connectivity index (χ1) is 13.1. The topological polar surface area (TPSA) is 62.7 Å². The number of hydrogen-bond donors (Lipinski definition) is 1. The Morgan fingerprint density at radius 2 is 1.56 bits per heavy atom. The van der Waals surface area contributed by atoms with Gasteiger partial charge in [-0.15, -0.1) is 0 Å². The molecule has 1 aliphatic carbocycles. The van der Waals surface area contributed by atoms with E-state index in [0.29, 0.717) is 11.4 Å². The molecule has 1 aliphatic rings. The second-order valence-corrected chi connectivity index (χ2v) is 7.93. The number of nitrogen functional groups attached to an aromatic ring is 1. The molecule has 142 valence electrons. The van der Waals surface area contributed by atoms with Crippen LogP contribution in [0.1, 0.15) is 79.3 Å². The van der Waals surface area contributed by atoms with Crippen LogP contribution in [-0.4, -0.2) is 4.98 Å². The molecule has 0 atom stereocenters. The van der Waals surface area contributed by atoms with Crippen LogP contribution in [0.15, 0.2) is 18.2 Å². The fourth-order valence-electron chi connectivity index (χ4n) is 4.33. The van der Waals surface area contributed by atoms with Gasteiger partial charge in [-0.3, -0.25) is 0 Å². The summed E-state index contributed by atoms with van der Waals surface area (Å²) in [5, 5.41) is 9.85. The molecule has 0 fully saturated rings. The van der Waals surface area contributed by atoms with Crippen molar-refractivity contribution in [1.29, 1.82) is 5.26 Å². The Hall–Kier alpha value is -2.34. The first kappa shape index (κ1) is 19.4. The first-order valence-electron chi connectivity index (χ1n) is 10.4. The summed E-state index contributed by atoms with van der Waals surface area (Å²) in [6.07, 6.45) is 12.1. The van der Waals surface area contributed by atoms with Gasteiger partial charge in [-0.1, -0.05) is 62.3 Å². The van der Waals surface area contributed by atoms with Gasteiger partial charge in [0, 0.05) is 11.3 Å². The Morgan fingerprint density at radius 3 is 2.19 bits per heavy atom. The molecule has 27 heavy (non-hydrogen) atoms. The largest absolute Gasteiger partial charge is 0.383 e. The summed E-state index contributed by atoms with van der Waals surface area (Å²) in [4.78, 5) is 4.70. The van der Waals surface area contributed by atoms with Crippen molar-refractivity contribution in [2.75, 3.05) is 5.73 Å². The summed E-state index contributed by atoms with van der Waals surface area (Å²) in [6.45, 7) is 4.23. The van der Waals surface area contributed by atoms with Crippen LogP contribution in [0.2, 0.25) is 0 Å². The Balaban J connectivity index is 2.15. The lowest BCUT2D eigenvalue weighted by Crippen LogP contribution is -2.09. The molecule has 0 bridgehead atoms. The van der Waals surface area contributed by atoms with Crippen LogP contribution in [-0.2, 0) is 12.8 Å². The molecular formula is C24H31N3. The van der Waals surface area contributed by atoms with Gasteiger partial charge < -0.3 is 5.73 Å². The van der Waals surface area contributed by atoms with E-state index in [9.17, 15) is 5.26 Å². The number of nitrogens with two attached hydrogens (primary N) is 1. The minimum atomic E-state index is 0.387. The highest BCUT2D eigenvalue weighted by molar-refractivity contribution is 5.81. The van der Waals surface area contributed by atoms with E-state index in [4.69, 9.17) is 10.7 Å². The zero-order valence-electron chi connectivity index (χ0n) is 16.8. The third kappa shape index (κ3) is 4.50. The lowest BCUT2D eigenvalue weighted by atomic mass is 9.87. The molecule has 0 amide bonds. The van der Waals surface area contributed by atoms with Gasteiger partial charge in [-0.05, 0) is 56.2 Å². The molecular weight excluding hydrogens is 330 g/mol. The molecule has 3 heteroatoms. The van der Waals surface area contributed by atoms with E-state index < -0.39 is 0 Å². The monoisotopic (exact) mass is 361 g/mol. The van der Waals surface area contributed by atoms with Crippen LogP contribution < -0.4 is 5.73 Å². The van der Waals surface area contributed by atoms with Crippen LogP contribution in [0.4, 0.5) is 5.82 Å². The van der Waals surface area contributed by atoms with E-state index in [0.717, 1.165) is 42.5 Å². The minimum Gasteiger partial charge on any atom is -0.383 e. The maximum absolute atomic E-state index is 9.85. The van der Waals surface area contributed by atoms with Gasteiger partial charge in [-0.25, -0.2) is 4.98 Å². The van der Waals surface area contributed by atoms with Crippen molar-refractivity contribution < 1.29 is 0 Å². The molecule has 0 spiro atoms. The van der Waals surface area contributed by atoms with Gasteiger partial charge in [0.25, 0.3) is 0 Å². The Bertz CT molecular complexity index is 846. The third-order valence-electron chi connectivity index (χ3n) is 5.77. The molecule has 1 heterocycles. The summed E-state index contributed by atoms with van der Waals surface area (Å²) in [6, 6.07) is 8.82. The zero-order chi connectivity index (χ0) is 19.2. The first-order valence-corrected chi connectivity index (χ1v) is 10.4. The lowest BCUT2D eigenvalue weighted by molar-refractivity contribution is 0.557. The summed E-state index contributed by atoms with van der Waals surface area (Å²) < 4.78 is 0. The van der Waals surface area contributed by atoms with E-state index in [1.807, 2.05) is 0 Å². The van der Waals surface area contributed by atoms with Crippen LogP contribution in [0, 0.1) is 25.2 Å². The second kappa shape index (κ2) is 9.04. The second-order valence-electron chi connectivity index (χ2n) is 7.93. The van der Waals surface area contributed by atoms with E-state index in [1.54, 1.807) is 0 Å². The standard InChI is InChI=1S/C24H31N3/c1-17-13-14-19(18(2)15-17)23-20-11-9-7-5-3-4-6-8-10-12-22(20)27-24(26)21(23)16-25/h13-15H,3-12H2,1-2H3,(H2,26,27). The molecule has 2 aromatic rings. The van der Waals surface area contributed by atoms with E-state index in [2.05, 4.69) is 38.1 Å². The van der Waals surface area contributed by atoms with Gasteiger partial charge in [0.05, 0.1) is 0 Å². The number of aryl methyl sites for hydroxylation is 3. The molecule has 0 unspecified atom stereocenters. The Morgan fingerprint density at radius 1 is 0.926 bits per heavy atom. The predicted octanol–water partition coefficient (Wildman–Crippen LogP) is 6.04. The predicted molar refractivity (Wildman–Crippen MR) is 113 cm³/mol. The van der Waals surface area contributed by atoms with Crippen LogP contribution in [0.3, 0.4) is 0 Å². The quantitative estimate of drug-likeness (QED) is 0.673. The van der Waals surface area contributed by atoms with Crippen LogP contribution in [0.25, 0.3) is 11.1 Å². The van der Waals surface area contributed by atoms with Crippen LogP contribution in [0.5, 0.6) is 0 Å². The average Bonchev–Trinajstić information content (AvgIpc) is 2.63. The lowest BCUT2D eigenvalue weighted by Gasteiger charge is -2.20. The SMILES string of the molecule is Cc1ccc(-c2c(C#N)c(N)nc3c2CCCCCCCCCC3)c(C)c1. The fourth-order valence-corrected chi connectivity index (χ4v) is 4.33. The van der Waals surface area contributed by atoms with E-state index >= 15 is 0 Å². The summed E-state index contributed by atoms with van der Waals surface area (Å²) >= 11 is 0. The van der Waals surface area contributed by atoms with Crippen molar-refractivity contribution in [2.24, 2.45) is 0 Å². The molecule has 0 radical (unpaired) electrons. The summed E-state index contributed by atoms with van der Waals surface area (Å²) in [5.74, 6) is 0.387. The van der Waals surface area contributed by atoms with Gasteiger partial charge >= 0.3 is 0 Å². The number of anilines is 1. The molecule has 1 aromatic carbocycles. The number of nitriles is 1. The van der Waals surface area contributed by atoms with Crippen molar-refractivity contribution in [3.63, 3.8) is 0 Å². The molecule has 2 N–H and O–H groups in total. The maximum atomic E-state index is 9.85. The number of nitrogens with zero attached hydrogens (tertiary/aromatic N) is 2. The van der Waals surface area contributed by atoms with Crippen LogP contribution >= 0.6 is 0 Å². The highest BCUT2D eigenvalue weighted by Gasteiger charge is 2.21. The Kier molecular flexibility index (Phi) is 6.50. The molecule has 3 rings (SSSR count). The smallest absolute Gasteiger partial charge is 0.142 e. The van der Waals surface area contributed by atoms with Crippen molar-refractivity contribution in [1.82, 2.24) is 4.98 Å². The van der Waals surface area contributed by atoms with Gasteiger partial charge in [0.1, 0.15) is 17.5 Å². The molecule has 0 saturated heterocycles. The van der Waals surface area contributed by atoms with E-state index in [-0.39, 0.29) is 0 Å². The maximum Gasteiger partial charge on any atom is 0.142 e. The number of rotatable bonds is 1. The highest BCUT2D eigenvalue weighted by Crippen LogP contribution is 2.36. The van der Waals surface area contributed by atoms with Crippen molar-refractivity contribution in [2.45, 2.75) is 78.1 Å². The van der Waals surface area contributed by atoms with Crippen molar-refractivity contribution in [3.8, 4) is 17.2 Å². The number of aromatic nitrogens is 1. The number of benzene rings is 1. The number of fused-ring (bicyclic) bond motifs is 1.